The summed E-state index contributed by atoms with van der Waals surface area (Å²) in [6, 6.07) is 21.9. The zero-order valence-corrected chi connectivity index (χ0v) is 20.9. The lowest BCUT2D eigenvalue weighted by molar-refractivity contribution is -0.113. The van der Waals surface area contributed by atoms with Crippen molar-refractivity contribution >= 4 is 35.3 Å². The number of ether oxygens (including phenoxy) is 1. The van der Waals surface area contributed by atoms with Gasteiger partial charge >= 0.3 is 6.03 Å². The molecule has 0 bridgehead atoms. The number of urea groups is 1. The molecule has 0 spiro atoms. The molecule has 1 aliphatic rings. The fourth-order valence-corrected chi connectivity index (χ4v) is 4.49. The summed E-state index contributed by atoms with van der Waals surface area (Å²) < 4.78 is 21.0. The van der Waals surface area contributed by atoms with E-state index in [9.17, 15) is 14.0 Å². The Kier molecular flexibility index (Phi) is 6.54. The Morgan fingerprint density at radius 3 is 2.38 bits per heavy atom. The number of halogens is 2. The predicted molar refractivity (Wildman–Crippen MR) is 141 cm³/mol. The Labute approximate surface area is 218 Å². The Bertz CT molecular complexity index is 1530. The van der Waals surface area contributed by atoms with E-state index in [1.165, 1.54) is 12.1 Å². The van der Waals surface area contributed by atoms with Crippen LogP contribution in [0.4, 0.5) is 14.9 Å². The van der Waals surface area contributed by atoms with Gasteiger partial charge in [0, 0.05) is 22.1 Å². The van der Waals surface area contributed by atoms with Gasteiger partial charge in [0.25, 0.3) is 5.91 Å². The molecule has 1 aromatic heterocycles. The molecule has 37 heavy (non-hydrogen) atoms. The van der Waals surface area contributed by atoms with Crippen LogP contribution in [0.1, 0.15) is 22.5 Å². The van der Waals surface area contributed by atoms with E-state index in [0.717, 1.165) is 33.1 Å². The second-order valence-electron chi connectivity index (χ2n) is 8.68. The number of aromatic nitrogens is 1. The third kappa shape index (κ3) is 4.99. The fourth-order valence-electron chi connectivity index (χ4n) is 4.31. The third-order valence-electron chi connectivity index (χ3n) is 6.13. The number of rotatable bonds is 6. The molecule has 4 aromatic rings. The van der Waals surface area contributed by atoms with Crippen LogP contribution in [0, 0.1) is 19.7 Å². The standard InChI is InChI=1S/C29H23ClFN3O3/c1-18-14-21(15-27-28(35)34(29(36)32-27)25-5-3-4-22(30)16-25)19(2)33(18)24-10-12-26(13-11-24)37-17-20-6-8-23(31)9-7-20/h3-16H,17H2,1-2H3,(H,32,36)/b27-15+. The maximum atomic E-state index is 13.1. The first-order valence-corrected chi connectivity index (χ1v) is 12.0. The van der Waals surface area contributed by atoms with E-state index in [4.69, 9.17) is 16.3 Å². The Morgan fingerprint density at radius 2 is 1.68 bits per heavy atom. The van der Waals surface area contributed by atoms with Crippen molar-refractivity contribution in [1.82, 2.24) is 9.88 Å². The van der Waals surface area contributed by atoms with Gasteiger partial charge in [0.15, 0.2) is 0 Å². The average molecular weight is 516 g/mol. The highest BCUT2D eigenvalue weighted by Crippen LogP contribution is 2.28. The predicted octanol–water partition coefficient (Wildman–Crippen LogP) is 6.56. The van der Waals surface area contributed by atoms with Gasteiger partial charge in [0.2, 0.25) is 0 Å². The van der Waals surface area contributed by atoms with E-state index >= 15 is 0 Å². The van der Waals surface area contributed by atoms with Crippen molar-refractivity contribution in [3.8, 4) is 11.4 Å². The van der Waals surface area contributed by atoms with E-state index in [1.807, 2.05) is 44.2 Å². The Hall–Kier alpha value is -4.36. The number of carbonyl (C=O) groups is 2. The summed E-state index contributed by atoms with van der Waals surface area (Å²) in [4.78, 5) is 26.6. The molecule has 0 radical (unpaired) electrons. The molecule has 3 aromatic carbocycles. The molecular formula is C29H23ClFN3O3. The SMILES string of the molecule is Cc1cc(/C=C2/NC(=O)N(c3cccc(Cl)c3)C2=O)c(C)n1-c1ccc(OCc2ccc(F)cc2)cc1. The Balaban J connectivity index is 1.35. The van der Waals surface area contributed by atoms with Gasteiger partial charge in [-0.15, -0.1) is 0 Å². The lowest BCUT2D eigenvalue weighted by Crippen LogP contribution is -2.30. The van der Waals surface area contributed by atoms with E-state index < -0.39 is 11.9 Å². The average Bonchev–Trinajstić information content (AvgIpc) is 3.32. The number of imide groups is 1. The molecule has 1 aliphatic heterocycles. The normalized spacial score (nSPS) is 14.4. The van der Waals surface area contributed by atoms with Crippen molar-refractivity contribution < 1.29 is 18.7 Å². The maximum absolute atomic E-state index is 13.1. The second-order valence-corrected chi connectivity index (χ2v) is 9.12. The first kappa shape index (κ1) is 24.3. The molecule has 0 aliphatic carbocycles. The van der Waals surface area contributed by atoms with Gasteiger partial charge in [0.1, 0.15) is 23.9 Å². The highest BCUT2D eigenvalue weighted by molar-refractivity contribution is 6.32. The molecule has 1 fully saturated rings. The van der Waals surface area contributed by atoms with Crippen LogP contribution in [-0.4, -0.2) is 16.5 Å². The topological polar surface area (TPSA) is 63.6 Å². The van der Waals surface area contributed by atoms with Gasteiger partial charge in [-0.05, 0) is 91.7 Å². The Morgan fingerprint density at radius 1 is 0.946 bits per heavy atom. The highest BCUT2D eigenvalue weighted by Gasteiger charge is 2.35. The van der Waals surface area contributed by atoms with Crippen LogP contribution >= 0.6 is 11.6 Å². The van der Waals surface area contributed by atoms with Crippen molar-refractivity contribution in [1.29, 1.82) is 0 Å². The number of hydrogen-bond acceptors (Lipinski definition) is 3. The number of nitrogens with one attached hydrogen (secondary N) is 1. The first-order valence-electron chi connectivity index (χ1n) is 11.6. The van der Waals surface area contributed by atoms with Gasteiger partial charge in [-0.1, -0.05) is 29.8 Å². The number of nitrogens with zero attached hydrogens (tertiary/aromatic N) is 2. The van der Waals surface area contributed by atoms with Crippen molar-refractivity contribution in [2.75, 3.05) is 4.90 Å². The van der Waals surface area contributed by atoms with Crippen LogP contribution in [-0.2, 0) is 11.4 Å². The van der Waals surface area contributed by atoms with Gasteiger partial charge in [-0.25, -0.2) is 14.1 Å². The minimum atomic E-state index is -0.524. The minimum absolute atomic E-state index is 0.190. The molecule has 1 N–H and O–H groups in total. The lowest BCUT2D eigenvalue weighted by Gasteiger charge is -2.12. The van der Waals surface area contributed by atoms with Crippen LogP contribution < -0.4 is 15.0 Å². The molecule has 6 nitrogen and oxygen atoms in total. The molecule has 0 saturated carbocycles. The van der Waals surface area contributed by atoms with Gasteiger partial charge < -0.3 is 14.6 Å². The monoisotopic (exact) mass is 515 g/mol. The van der Waals surface area contributed by atoms with E-state index in [2.05, 4.69) is 9.88 Å². The molecule has 1 saturated heterocycles. The van der Waals surface area contributed by atoms with Crippen LogP contribution in [0.15, 0.2) is 84.6 Å². The quantitative estimate of drug-likeness (QED) is 0.233. The largest absolute Gasteiger partial charge is 0.489 e. The zero-order valence-electron chi connectivity index (χ0n) is 20.2. The maximum Gasteiger partial charge on any atom is 0.333 e. The summed E-state index contributed by atoms with van der Waals surface area (Å²) in [5.74, 6) is -0.0309. The van der Waals surface area contributed by atoms with Crippen LogP contribution in [0.5, 0.6) is 5.75 Å². The van der Waals surface area contributed by atoms with E-state index in [-0.39, 0.29) is 11.5 Å². The number of aryl methyl sites for hydroxylation is 1. The molecule has 2 heterocycles. The minimum Gasteiger partial charge on any atom is -0.489 e. The summed E-state index contributed by atoms with van der Waals surface area (Å²) in [5.41, 5.74) is 5.09. The van der Waals surface area contributed by atoms with Gasteiger partial charge in [0.05, 0.1) is 5.69 Å². The van der Waals surface area contributed by atoms with E-state index in [1.54, 1.807) is 42.5 Å². The number of hydrogen-bond donors (Lipinski definition) is 1. The van der Waals surface area contributed by atoms with Crippen molar-refractivity contribution in [2.24, 2.45) is 0 Å². The number of benzene rings is 3. The molecule has 0 unspecified atom stereocenters. The number of carbonyl (C=O) groups excluding carboxylic acids is 2. The molecule has 186 valence electrons. The van der Waals surface area contributed by atoms with E-state index in [0.29, 0.717) is 23.1 Å². The van der Waals surface area contributed by atoms with Crippen LogP contribution in [0.2, 0.25) is 5.02 Å². The summed E-state index contributed by atoms with van der Waals surface area (Å²) in [6.07, 6.45) is 1.68. The molecule has 5 rings (SSSR count). The summed E-state index contributed by atoms with van der Waals surface area (Å²) in [7, 11) is 0. The fraction of sp³-hybridized carbons (Fsp3) is 0.103. The molecular weight excluding hydrogens is 493 g/mol. The summed E-state index contributed by atoms with van der Waals surface area (Å²) >= 11 is 6.04. The molecule has 8 heteroatoms. The zero-order chi connectivity index (χ0) is 26.1. The van der Waals surface area contributed by atoms with Crippen molar-refractivity contribution in [2.45, 2.75) is 20.5 Å². The van der Waals surface area contributed by atoms with Gasteiger partial charge in [-0.2, -0.15) is 0 Å². The summed E-state index contributed by atoms with van der Waals surface area (Å²) in [5, 5.41) is 3.10. The molecule has 0 atom stereocenters. The second kappa shape index (κ2) is 9.95. The highest BCUT2D eigenvalue weighted by atomic mass is 35.5. The number of anilines is 1. The third-order valence-corrected chi connectivity index (χ3v) is 6.36. The van der Waals surface area contributed by atoms with Crippen molar-refractivity contribution in [3.05, 3.63) is 118 Å². The smallest absolute Gasteiger partial charge is 0.333 e. The number of amides is 3. The lowest BCUT2D eigenvalue weighted by atomic mass is 10.2. The summed E-state index contributed by atoms with van der Waals surface area (Å²) in [6.45, 7) is 4.26. The van der Waals surface area contributed by atoms with Crippen LogP contribution in [0.3, 0.4) is 0 Å². The van der Waals surface area contributed by atoms with Crippen LogP contribution in [0.25, 0.3) is 11.8 Å². The molecule has 3 amide bonds. The van der Waals surface area contributed by atoms with Crippen molar-refractivity contribution in [3.63, 3.8) is 0 Å². The van der Waals surface area contributed by atoms with Gasteiger partial charge in [-0.3, -0.25) is 4.79 Å². The first-order chi connectivity index (χ1) is 17.8.